The summed E-state index contributed by atoms with van der Waals surface area (Å²) < 4.78 is 0. The number of hydrogen-bond donors (Lipinski definition) is 3. The molecule has 3 heterocycles. The van der Waals surface area contributed by atoms with Crippen LogP contribution in [0.25, 0.3) is 21.5 Å². The Morgan fingerprint density at radius 3 is 2.85 bits per heavy atom. The van der Waals surface area contributed by atoms with Crippen molar-refractivity contribution >= 4 is 45.7 Å². The average molecular weight is 368 g/mol. The number of rotatable bonds is 1. The van der Waals surface area contributed by atoms with Crippen molar-refractivity contribution in [3.63, 3.8) is 0 Å². The van der Waals surface area contributed by atoms with Crippen LogP contribution in [0.1, 0.15) is 19.8 Å². The van der Waals surface area contributed by atoms with Gasteiger partial charge >= 0.3 is 0 Å². The summed E-state index contributed by atoms with van der Waals surface area (Å²) in [6.07, 6.45) is 6.30. The number of piperidine rings is 1. The number of H-pyrrole nitrogens is 1. The smallest absolute Gasteiger partial charge is 0.256 e. The summed E-state index contributed by atoms with van der Waals surface area (Å²) >= 11 is 4.70. The molecular weight excluding hydrogens is 348 g/mol. The van der Waals surface area contributed by atoms with Crippen LogP contribution in [0.4, 0.5) is 5.69 Å². The number of benzene rings is 1. The minimum absolute atomic E-state index is 0.159. The molecule has 0 saturated carbocycles. The lowest BCUT2D eigenvalue weighted by Gasteiger charge is -2.31. The zero-order valence-corrected chi connectivity index (χ0v) is 15.3. The van der Waals surface area contributed by atoms with E-state index in [2.05, 4.69) is 14.9 Å². The number of aliphatic hydroxyl groups is 1. The van der Waals surface area contributed by atoms with Crippen LogP contribution in [0.5, 0.6) is 0 Å². The van der Waals surface area contributed by atoms with Crippen molar-refractivity contribution in [2.45, 2.75) is 30.8 Å². The SMILES string of the molecule is CC(=Nc1c(S)c2cc[nH]c(=O)c2c2cnccc12)N1CCC(O)CC1. The molecule has 2 aromatic heterocycles. The molecule has 1 aliphatic heterocycles. The molecular formula is C19H20N4O2S. The number of amidine groups is 1. The summed E-state index contributed by atoms with van der Waals surface area (Å²) in [6.45, 7) is 3.54. The predicted molar refractivity (Wildman–Crippen MR) is 107 cm³/mol. The highest BCUT2D eigenvalue weighted by Gasteiger charge is 2.19. The molecule has 3 aromatic rings. The lowest BCUT2D eigenvalue weighted by Crippen LogP contribution is -2.38. The first-order chi connectivity index (χ1) is 12.6. The average Bonchev–Trinajstić information content (AvgIpc) is 2.65. The summed E-state index contributed by atoms with van der Waals surface area (Å²) in [5.74, 6) is 0.884. The maximum absolute atomic E-state index is 12.4. The molecule has 1 fully saturated rings. The summed E-state index contributed by atoms with van der Waals surface area (Å²) in [4.78, 5) is 27.0. The highest BCUT2D eigenvalue weighted by atomic mass is 32.1. The highest BCUT2D eigenvalue weighted by Crippen LogP contribution is 2.38. The van der Waals surface area contributed by atoms with Gasteiger partial charge in [-0.3, -0.25) is 9.78 Å². The normalized spacial score (nSPS) is 16.6. The van der Waals surface area contributed by atoms with Crippen LogP contribution in [0, 0.1) is 0 Å². The molecule has 0 radical (unpaired) electrons. The van der Waals surface area contributed by atoms with Crippen LogP contribution in [0.2, 0.25) is 0 Å². The van der Waals surface area contributed by atoms with Crippen molar-refractivity contribution in [3.8, 4) is 0 Å². The molecule has 0 atom stereocenters. The van der Waals surface area contributed by atoms with Crippen molar-refractivity contribution < 1.29 is 5.11 Å². The minimum atomic E-state index is -0.223. The molecule has 0 aliphatic carbocycles. The molecule has 0 spiro atoms. The molecule has 4 rings (SSSR count). The van der Waals surface area contributed by atoms with Gasteiger partial charge in [-0.15, -0.1) is 12.6 Å². The van der Waals surface area contributed by atoms with Gasteiger partial charge in [0.25, 0.3) is 5.56 Å². The molecule has 1 saturated heterocycles. The van der Waals surface area contributed by atoms with Gasteiger partial charge < -0.3 is 15.0 Å². The predicted octanol–water partition coefficient (Wildman–Crippen LogP) is 2.87. The Morgan fingerprint density at radius 2 is 2.08 bits per heavy atom. The van der Waals surface area contributed by atoms with Crippen molar-refractivity contribution in [1.82, 2.24) is 14.9 Å². The second-order valence-electron chi connectivity index (χ2n) is 6.59. The first-order valence-electron chi connectivity index (χ1n) is 8.64. The van der Waals surface area contributed by atoms with Crippen LogP contribution < -0.4 is 5.56 Å². The highest BCUT2D eigenvalue weighted by molar-refractivity contribution is 7.80. The van der Waals surface area contributed by atoms with Crippen molar-refractivity contribution in [2.75, 3.05) is 13.1 Å². The number of thiol groups is 1. The van der Waals surface area contributed by atoms with E-state index >= 15 is 0 Å². The van der Waals surface area contributed by atoms with E-state index < -0.39 is 0 Å². The second kappa shape index (κ2) is 6.74. The van der Waals surface area contributed by atoms with E-state index in [1.54, 1.807) is 18.6 Å². The number of aromatic nitrogens is 2. The number of aromatic amines is 1. The molecule has 0 bridgehead atoms. The quantitative estimate of drug-likeness (QED) is 0.267. The maximum Gasteiger partial charge on any atom is 0.256 e. The van der Waals surface area contributed by atoms with E-state index in [1.807, 2.05) is 19.1 Å². The largest absolute Gasteiger partial charge is 0.393 e. The lowest BCUT2D eigenvalue weighted by molar-refractivity contribution is 0.109. The number of nitrogens with one attached hydrogen (secondary N) is 1. The van der Waals surface area contributed by atoms with E-state index in [0.717, 1.165) is 53.6 Å². The molecule has 1 aromatic carbocycles. The van der Waals surface area contributed by atoms with Crippen LogP contribution in [-0.2, 0) is 0 Å². The van der Waals surface area contributed by atoms with E-state index in [4.69, 9.17) is 17.6 Å². The van der Waals surface area contributed by atoms with Crippen molar-refractivity contribution in [3.05, 3.63) is 41.1 Å². The number of aliphatic hydroxyl groups excluding tert-OH is 1. The third-order valence-electron chi connectivity index (χ3n) is 4.98. The first kappa shape index (κ1) is 17.1. The first-order valence-corrected chi connectivity index (χ1v) is 9.09. The fourth-order valence-electron chi connectivity index (χ4n) is 3.53. The summed E-state index contributed by atoms with van der Waals surface area (Å²) in [5, 5.41) is 12.7. The van der Waals surface area contributed by atoms with Crippen LogP contribution in [-0.4, -0.2) is 45.0 Å². The summed E-state index contributed by atoms with van der Waals surface area (Å²) in [5.41, 5.74) is 0.584. The monoisotopic (exact) mass is 368 g/mol. The Bertz CT molecular complexity index is 1070. The van der Waals surface area contributed by atoms with Gasteiger partial charge in [0.15, 0.2) is 0 Å². The minimum Gasteiger partial charge on any atom is -0.393 e. The number of hydrogen-bond acceptors (Lipinski definition) is 5. The maximum atomic E-state index is 12.4. The van der Waals surface area contributed by atoms with Gasteiger partial charge in [0.2, 0.25) is 0 Å². The Morgan fingerprint density at radius 1 is 1.31 bits per heavy atom. The van der Waals surface area contributed by atoms with Gasteiger partial charge in [0.05, 0.1) is 17.2 Å². The fourth-order valence-corrected chi connectivity index (χ4v) is 3.89. The van der Waals surface area contributed by atoms with Crippen molar-refractivity contribution in [1.29, 1.82) is 0 Å². The zero-order chi connectivity index (χ0) is 18.3. The molecule has 0 amide bonds. The molecule has 2 N–H and O–H groups in total. The van der Waals surface area contributed by atoms with Gasteiger partial charge in [-0.25, -0.2) is 4.99 Å². The van der Waals surface area contributed by atoms with Gasteiger partial charge in [-0.05, 0) is 31.9 Å². The van der Waals surface area contributed by atoms with Crippen LogP contribution in [0.3, 0.4) is 0 Å². The topological polar surface area (TPSA) is 81.6 Å². The van der Waals surface area contributed by atoms with E-state index in [1.165, 1.54) is 0 Å². The Labute approximate surface area is 156 Å². The van der Waals surface area contributed by atoms with Gasteiger partial charge in [0, 0.05) is 52.7 Å². The molecule has 1 aliphatic rings. The number of fused-ring (bicyclic) bond motifs is 3. The number of likely N-dealkylation sites (tertiary alicyclic amines) is 1. The molecule has 134 valence electrons. The van der Waals surface area contributed by atoms with Gasteiger partial charge in [-0.2, -0.15) is 0 Å². The third-order valence-corrected chi connectivity index (χ3v) is 5.43. The van der Waals surface area contributed by atoms with Crippen LogP contribution >= 0.6 is 12.6 Å². The number of aliphatic imine (C=N–C) groups is 1. The Hall–Kier alpha value is -2.38. The van der Waals surface area contributed by atoms with Crippen LogP contribution in [0.15, 0.2) is 45.4 Å². The van der Waals surface area contributed by atoms with Gasteiger partial charge in [-0.1, -0.05) is 0 Å². The van der Waals surface area contributed by atoms with E-state index in [9.17, 15) is 9.90 Å². The summed E-state index contributed by atoms with van der Waals surface area (Å²) in [7, 11) is 0. The van der Waals surface area contributed by atoms with E-state index in [0.29, 0.717) is 10.3 Å². The second-order valence-corrected chi connectivity index (χ2v) is 7.04. The molecule has 6 nitrogen and oxygen atoms in total. The third kappa shape index (κ3) is 2.87. The molecule has 7 heteroatoms. The van der Waals surface area contributed by atoms with E-state index in [-0.39, 0.29) is 11.7 Å². The van der Waals surface area contributed by atoms with Gasteiger partial charge in [0.1, 0.15) is 5.84 Å². The fraction of sp³-hybridized carbons (Fsp3) is 0.316. The molecule has 0 unspecified atom stereocenters. The van der Waals surface area contributed by atoms with Crippen molar-refractivity contribution in [2.24, 2.45) is 4.99 Å². The molecule has 26 heavy (non-hydrogen) atoms. The lowest BCUT2D eigenvalue weighted by atomic mass is 10.0. The number of nitrogens with zero attached hydrogens (tertiary/aromatic N) is 3. The Kier molecular flexibility index (Phi) is 4.42. The summed E-state index contributed by atoms with van der Waals surface area (Å²) in [6, 6.07) is 3.71. The zero-order valence-electron chi connectivity index (χ0n) is 14.4. The number of pyridine rings is 2. The standard InChI is InChI=1S/C19H20N4O2S/c1-11(23-8-4-12(24)5-9-23)22-17-13-2-6-20-10-15(13)16-14(18(17)26)3-7-21-19(16)25/h2-3,6-7,10,12,24,26H,4-5,8-9H2,1H3,(H,21,25). The Balaban J connectivity index is 1.93.